The zero-order chi connectivity index (χ0) is 24.7. The molecule has 0 aromatic heterocycles. The van der Waals surface area contributed by atoms with Gasteiger partial charge in [-0.1, -0.05) is 41.9 Å². The second kappa shape index (κ2) is 8.99. The van der Waals surface area contributed by atoms with Gasteiger partial charge in [-0.2, -0.15) is 0 Å². The summed E-state index contributed by atoms with van der Waals surface area (Å²) in [5.74, 6) is -1.54. The summed E-state index contributed by atoms with van der Waals surface area (Å²) in [7, 11) is 0. The molecule has 34 heavy (non-hydrogen) atoms. The first-order valence-electron chi connectivity index (χ1n) is 10.9. The van der Waals surface area contributed by atoms with Crippen molar-refractivity contribution in [3.63, 3.8) is 0 Å². The Kier molecular flexibility index (Phi) is 6.23. The molecule has 3 aromatic rings. The standard InChI is InChI=1S/C26H24ClNO6/c1-13(2)33-23-16-7-5-6-8-17(16)24(34-14(3)4)22-21(23)25(31)28(26(22)32)19-10-9-15(11-18(19)27)12-20(29)30/h5-11,13-14H,12H2,1-4H3,(H,29,30). The average Bonchev–Trinajstić information content (AvgIpc) is 3.00. The number of hydrogen-bond acceptors (Lipinski definition) is 5. The van der Waals surface area contributed by atoms with Gasteiger partial charge in [-0.25, -0.2) is 4.90 Å². The molecule has 176 valence electrons. The van der Waals surface area contributed by atoms with Gasteiger partial charge < -0.3 is 14.6 Å². The van der Waals surface area contributed by atoms with Crippen LogP contribution in [0.2, 0.25) is 5.02 Å². The van der Waals surface area contributed by atoms with Crippen molar-refractivity contribution in [2.45, 2.75) is 46.3 Å². The maximum absolute atomic E-state index is 13.7. The normalized spacial score (nSPS) is 13.2. The van der Waals surface area contributed by atoms with E-state index in [1.165, 1.54) is 18.2 Å². The molecular weight excluding hydrogens is 458 g/mol. The van der Waals surface area contributed by atoms with Crippen LogP contribution in [-0.4, -0.2) is 35.1 Å². The summed E-state index contributed by atoms with van der Waals surface area (Å²) in [6.45, 7) is 7.38. The molecule has 0 saturated heterocycles. The van der Waals surface area contributed by atoms with Gasteiger partial charge in [-0.15, -0.1) is 0 Å². The zero-order valence-corrected chi connectivity index (χ0v) is 20.0. The Morgan fingerprint density at radius 1 is 0.912 bits per heavy atom. The number of ether oxygens (including phenoxy) is 2. The van der Waals surface area contributed by atoms with Gasteiger partial charge in [0.2, 0.25) is 0 Å². The fraction of sp³-hybridized carbons (Fsp3) is 0.269. The van der Waals surface area contributed by atoms with E-state index >= 15 is 0 Å². The summed E-state index contributed by atoms with van der Waals surface area (Å²) in [5.41, 5.74) is 0.866. The van der Waals surface area contributed by atoms with E-state index in [2.05, 4.69) is 0 Å². The molecule has 3 aromatic carbocycles. The summed E-state index contributed by atoms with van der Waals surface area (Å²) >= 11 is 6.42. The lowest BCUT2D eigenvalue weighted by Gasteiger charge is -2.20. The SMILES string of the molecule is CC(C)Oc1c2c(c(OC(C)C)c3ccccc13)C(=O)N(c1ccc(CC(=O)O)cc1Cl)C2=O. The van der Waals surface area contributed by atoms with Gasteiger partial charge in [0, 0.05) is 10.8 Å². The second-order valence-electron chi connectivity index (χ2n) is 8.59. The van der Waals surface area contributed by atoms with Crippen molar-refractivity contribution in [2.24, 2.45) is 0 Å². The van der Waals surface area contributed by atoms with Crippen LogP contribution in [0.1, 0.15) is 54.0 Å². The van der Waals surface area contributed by atoms with E-state index in [-0.39, 0.29) is 40.5 Å². The number of nitrogens with zero attached hydrogens (tertiary/aromatic N) is 1. The molecule has 0 saturated carbocycles. The largest absolute Gasteiger partial charge is 0.489 e. The summed E-state index contributed by atoms with van der Waals surface area (Å²) in [4.78, 5) is 39.5. The highest BCUT2D eigenvalue weighted by Crippen LogP contribution is 2.47. The predicted octanol–water partition coefficient (Wildman–Crippen LogP) is 5.50. The summed E-state index contributed by atoms with van der Waals surface area (Å²) < 4.78 is 12.1. The molecule has 0 fully saturated rings. The molecule has 7 nitrogen and oxygen atoms in total. The minimum Gasteiger partial charge on any atom is -0.489 e. The summed E-state index contributed by atoms with van der Waals surface area (Å²) in [5, 5.41) is 10.5. The number of hydrogen-bond donors (Lipinski definition) is 1. The molecular formula is C26H24ClNO6. The molecule has 2 amide bonds. The lowest BCUT2D eigenvalue weighted by Crippen LogP contribution is -2.30. The van der Waals surface area contributed by atoms with E-state index < -0.39 is 17.8 Å². The lowest BCUT2D eigenvalue weighted by molar-refractivity contribution is -0.136. The third-order valence-corrected chi connectivity index (χ3v) is 5.57. The van der Waals surface area contributed by atoms with Crippen LogP contribution < -0.4 is 14.4 Å². The van der Waals surface area contributed by atoms with E-state index in [0.29, 0.717) is 27.8 Å². The first-order valence-corrected chi connectivity index (χ1v) is 11.3. The molecule has 0 unspecified atom stereocenters. The fourth-order valence-corrected chi connectivity index (χ4v) is 4.34. The number of benzene rings is 3. The van der Waals surface area contributed by atoms with Crippen LogP contribution in [0.3, 0.4) is 0 Å². The van der Waals surface area contributed by atoms with Crippen LogP contribution >= 0.6 is 11.6 Å². The number of anilines is 1. The van der Waals surface area contributed by atoms with Gasteiger partial charge in [-0.3, -0.25) is 14.4 Å². The zero-order valence-electron chi connectivity index (χ0n) is 19.2. The fourth-order valence-electron chi connectivity index (χ4n) is 4.05. The number of halogens is 1. The Bertz CT molecular complexity index is 1260. The van der Waals surface area contributed by atoms with E-state index in [0.717, 1.165) is 4.90 Å². The number of fused-ring (bicyclic) bond motifs is 2. The Labute approximate surface area is 201 Å². The molecule has 1 heterocycles. The maximum atomic E-state index is 13.7. The number of rotatable bonds is 7. The molecule has 1 N–H and O–H groups in total. The minimum atomic E-state index is -1.01. The molecule has 1 aliphatic rings. The van der Waals surface area contributed by atoms with E-state index in [9.17, 15) is 14.4 Å². The Hall–Kier alpha value is -3.58. The lowest BCUT2D eigenvalue weighted by atomic mass is 9.98. The van der Waals surface area contributed by atoms with Crippen molar-refractivity contribution in [1.29, 1.82) is 0 Å². The Balaban J connectivity index is 1.96. The van der Waals surface area contributed by atoms with Crippen LogP contribution in [0.5, 0.6) is 11.5 Å². The van der Waals surface area contributed by atoms with Crippen molar-refractivity contribution in [3.8, 4) is 11.5 Å². The molecule has 4 rings (SSSR count). The molecule has 0 spiro atoms. The second-order valence-corrected chi connectivity index (χ2v) is 9.00. The number of carbonyl (C=O) groups is 3. The van der Waals surface area contributed by atoms with Gasteiger partial charge in [-0.05, 0) is 45.4 Å². The van der Waals surface area contributed by atoms with Crippen LogP contribution in [0.15, 0.2) is 42.5 Å². The third-order valence-electron chi connectivity index (χ3n) is 5.27. The molecule has 0 bridgehead atoms. The van der Waals surface area contributed by atoms with Crippen LogP contribution in [-0.2, 0) is 11.2 Å². The first kappa shape index (κ1) is 23.6. The topological polar surface area (TPSA) is 93.1 Å². The monoisotopic (exact) mass is 481 g/mol. The molecule has 8 heteroatoms. The predicted molar refractivity (Wildman–Crippen MR) is 129 cm³/mol. The van der Waals surface area contributed by atoms with Crippen molar-refractivity contribution in [1.82, 2.24) is 0 Å². The Morgan fingerprint density at radius 3 is 1.82 bits per heavy atom. The number of carbonyl (C=O) groups excluding carboxylic acids is 2. The van der Waals surface area contributed by atoms with Crippen LogP contribution in [0.25, 0.3) is 10.8 Å². The Morgan fingerprint density at radius 2 is 1.41 bits per heavy atom. The number of aliphatic carboxylic acids is 1. The smallest absolute Gasteiger partial charge is 0.307 e. The van der Waals surface area contributed by atoms with Gasteiger partial charge in [0.15, 0.2) is 0 Å². The number of carboxylic acids is 1. The van der Waals surface area contributed by atoms with E-state index in [4.69, 9.17) is 26.2 Å². The third kappa shape index (κ3) is 4.07. The van der Waals surface area contributed by atoms with Crippen molar-refractivity contribution in [3.05, 3.63) is 64.2 Å². The first-order chi connectivity index (χ1) is 16.1. The van der Waals surface area contributed by atoms with Gasteiger partial charge >= 0.3 is 5.97 Å². The highest BCUT2D eigenvalue weighted by atomic mass is 35.5. The van der Waals surface area contributed by atoms with Crippen LogP contribution in [0, 0.1) is 0 Å². The maximum Gasteiger partial charge on any atom is 0.307 e. The quantitative estimate of drug-likeness (QED) is 0.448. The van der Waals surface area contributed by atoms with Crippen molar-refractivity contribution in [2.75, 3.05) is 4.90 Å². The summed E-state index contributed by atoms with van der Waals surface area (Å²) in [6, 6.07) is 11.8. The molecule has 1 aliphatic heterocycles. The van der Waals surface area contributed by atoms with Gasteiger partial charge in [0.1, 0.15) is 11.5 Å². The molecule has 0 aliphatic carbocycles. The van der Waals surface area contributed by atoms with Crippen LogP contribution in [0.4, 0.5) is 5.69 Å². The average molecular weight is 482 g/mol. The number of carboxylic acid groups (broad SMARTS) is 1. The highest BCUT2D eigenvalue weighted by Gasteiger charge is 2.44. The number of imide groups is 1. The molecule has 0 atom stereocenters. The van der Waals surface area contributed by atoms with E-state index in [1.807, 2.05) is 52.0 Å². The van der Waals surface area contributed by atoms with Crippen molar-refractivity contribution >= 4 is 45.8 Å². The van der Waals surface area contributed by atoms with Crippen molar-refractivity contribution < 1.29 is 29.0 Å². The summed E-state index contributed by atoms with van der Waals surface area (Å²) in [6.07, 6.45) is -0.730. The minimum absolute atomic E-state index is 0.0930. The molecule has 0 radical (unpaired) electrons. The van der Waals surface area contributed by atoms with Gasteiger partial charge in [0.25, 0.3) is 11.8 Å². The van der Waals surface area contributed by atoms with E-state index in [1.54, 1.807) is 0 Å². The van der Waals surface area contributed by atoms with Gasteiger partial charge in [0.05, 0.1) is 40.5 Å². The highest BCUT2D eigenvalue weighted by molar-refractivity contribution is 6.41. The number of amides is 2.